The van der Waals surface area contributed by atoms with Crippen LogP contribution in [0, 0.1) is 0 Å². The fourth-order valence-corrected chi connectivity index (χ4v) is 4.02. The molecule has 0 radical (unpaired) electrons. The molecule has 9 nitrogen and oxygen atoms in total. The van der Waals surface area contributed by atoms with Gasteiger partial charge in [-0.1, -0.05) is 0 Å². The van der Waals surface area contributed by atoms with Crippen molar-refractivity contribution < 1.29 is 27.1 Å². The van der Waals surface area contributed by atoms with Gasteiger partial charge in [0.05, 0.1) is 48.6 Å². The van der Waals surface area contributed by atoms with Gasteiger partial charge in [-0.2, -0.15) is 0 Å². The second kappa shape index (κ2) is 10.8. The standard InChI is InChI=1S/C21H23FN4O5S.ClH/c1-24-32(28,29)15-4-5-19(30-2)16(10-15)17-8-13(21(27)31-3)9-18-20(17)25-12-26(18)11-14(22)6-7-23;/h4-6,8-10,12,24H,7,11,23H2,1-3H3;1H/b14-6-;. The molecule has 0 aliphatic rings. The number of fused-ring (bicyclic) bond motifs is 1. The molecule has 3 aromatic rings. The number of hydrogen-bond acceptors (Lipinski definition) is 7. The minimum absolute atomic E-state index is 0. The second-order valence-electron chi connectivity index (χ2n) is 6.71. The van der Waals surface area contributed by atoms with Crippen LogP contribution in [0.3, 0.4) is 0 Å². The lowest BCUT2D eigenvalue weighted by Gasteiger charge is -2.13. The molecule has 0 saturated carbocycles. The van der Waals surface area contributed by atoms with Crippen molar-refractivity contribution >= 4 is 39.4 Å². The highest BCUT2D eigenvalue weighted by Gasteiger charge is 2.21. The molecule has 3 N–H and O–H groups in total. The van der Waals surface area contributed by atoms with Crippen molar-refractivity contribution in [2.24, 2.45) is 5.73 Å². The zero-order chi connectivity index (χ0) is 23.5. The number of methoxy groups -OCH3 is 2. The number of nitrogens with one attached hydrogen (secondary N) is 1. The Morgan fingerprint density at radius 3 is 2.58 bits per heavy atom. The van der Waals surface area contributed by atoms with Gasteiger partial charge in [0.2, 0.25) is 10.0 Å². The topological polar surface area (TPSA) is 126 Å². The van der Waals surface area contributed by atoms with Crippen LogP contribution in [0.4, 0.5) is 4.39 Å². The number of halogens is 2. The summed E-state index contributed by atoms with van der Waals surface area (Å²) < 4.78 is 52.9. The summed E-state index contributed by atoms with van der Waals surface area (Å²) in [4.78, 5) is 16.7. The molecular weight excluding hydrogens is 475 g/mol. The summed E-state index contributed by atoms with van der Waals surface area (Å²) in [6.45, 7) is -0.0931. The number of ether oxygens (including phenoxy) is 2. The third-order valence-corrected chi connectivity index (χ3v) is 6.26. The third kappa shape index (κ3) is 5.33. The van der Waals surface area contributed by atoms with Gasteiger partial charge in [0.25, 0.3) is 0 Å². The largest absolute Gasteiger partial charge is 0.496 e. The van der Waals surface area contributed by atoms with Crippen LogP contribution in [0.5, 0.6) is 5.75 Å². The van der Waals surface area contributed by atoms with Crippen LogP contribution in [0.15, 0.2) is 53.5 Å². The maximum Gasteiger partial charge on any atom is 0.337 e. The van der Waals surface area contributed by atoms with Crippen molar-refractivity contribution in [2.45, 2.75) is 11.4 Å². The highest BCUT2D eigenvalue weighted by Crippen LogP contribution is 2.37. The Hall–Kier alpha value is -2.99. The van der Waals surface area contributed by atoms with E-state index in [1.165, 1.54) is 68.6 Å². The molecule has 0 saturated heterocycles. The molecule has 0 aliphatic heterocycles. The number of aromatic nitrogens is 2. The number of carbonyl (C=O) groups is 1. The number of nitrogens with two attached hydrogens (primary N) is 1. The lowest BCUT2D eigenvalue weighted by molar-refractivity contribution is 0.0601. The van der Waals surface area contributed by atoms with E-state index in [0.29, 0.717) is 27.9 Å². The summed E-state index contributed by atoms with van der Waals surface area (Å²) in [5, 5.41) is 0. The van der Waals surface area contributed by atoms with E-state index < -0.39 is 21.8 Å². The Balaban J connectivity index is 0.00000385. The van der Waals surface area contributed by atoms with E-state index in [4.69, 9.17) is 15.2 Å². The van der Waals surface area contributed by atoms with Crippen molar-refractivity contribution in [3.05, 3.63) is 54.1 Å². The first-order valence-electron chi connectivity index (χ1n) is 9.49. The molecular formula is C21H24ClFN4O5S. The van der Waals surface area contributed by atoms with Crippen molar-refractivity contribution in [1.82, 2.24) is 14.3 Å². The van der Waals surface area contributed by atoms with E-state index in [2.05, 4.69) is 9.71 Å². The maximum atomic E-state index is 14.1. The molecule has 0 unspecified atom stereocenters. The van der Waals surface area contributed by atoms with E-state index in [-0.39, 0.29) is 36.0 Å². The highest BCUT2D eigenvalue weighted by molar-refractivity contribution is 7.89. The average molecular weight is 499 g/mol. The Bertz CT molecular complexity index is 1310. The molecule has 1 aromatic heterocycles. The van der Waals surface area contributed by atoms with Gasteiger partial charge < -0.3 is 19.8 Å². The molecule has 0 spiro atoms. The number of hydrogen-bond donors (Lipinski definition) is 2. The fraction of sp³-hybridized carbons (Fsp3) is 0.238. The van der Waals surface area contributed by atoms with E-state index >= 15 is 0 Å². The van der Waals surface area contributed by atoms with Crippen LogP contribution in [-0.2, 0) is 21.3 Å². The first kappa shape index (κ1) is 26.3. The van der Waals surface area contributed by atoms with Crippen LogP contribution in [0.2, 0.25) is 0 Å². The summed E-state index contributed by atoms with van der Waals surface area (Å²) in [5.41, 5.74) is 7.25. The van der Waals surface area contributed by atoms with Gasteiger partial charge in [-0.05, 0) is 43.5 Å². The molecule has 0 aliphatic carbocycles. The molecule has 0 bridgehead atoms. The van der Waals surface area contributed by atoms with Crippen LogP contribution in [-0.4, -0.2) is 51.8 Å². The van der Waals surface area contributed by atoms with Gasteiger partial charge in [-0.3, -0.25) is 0 Å². The average Bonchev–Trinajstić information content (AvgIpc) is 3.20. The number of imidazole rings is 1. The van der Waals surface area contributed by atoms with Crippen LogP contribution < -0.4 is 15.2 Å². The van der Waals surface area contributed by atoms with E-state index in [1.54, 1.807) is 0 Å². The molecule has 2 aromatic carbocycles. The van der Waals surface area contributed by atoms with Gasteiger partial charge in [0.15, 0.2) is 0 Å². The van der Waals surface area contributed by atoms with Gasteiger partial charge in [0, 0.05) is 17.7 Å². The first-order valence-corrected chi connectivity index (χ1v) is 11.0. The van der Waals surface area contributed by atoms with Crippen molar-refractivity contribution in [2.75, 3.05) is 27.8 Å². The lowest BCUT2D eigenvalue weighted by Crippen LogP contribution is -2.18. The lowest BCUT2D eigenvalue weighted by atomic mass is 10.00. The number of benzene rings is 2. The number of carbonyl (C=O) groups excluding carboxylic acids is 1. The molecule has 33 heavy (non-hydrogen) atoms. The Morgan fingerprint density at radius 2 is 1.97 bits per heavy atom. The number of esters is 1. The van der Waals surface area contributed by atoms with E-state index in [9.17, 15) is 17.6 Å². The Morgan fingerprint density at radius 1 is 1.24 bits per heavy atom. The van der Waals surface area contributed by atoms with Gasteiger partial charge in [0.1, 0.15) is 11.6 Å². The normalized spacial score (nSPS) is 11.8. The maximum absolute atomic E-state index is 14.1. The summed E-state index contributed by atoms with van der Waals surface area (Å²) in [6.07, 6.45) is 2.67. The van der Waals surface area contributed by atoms with Crippen molar-refractivity contribution in [3.63, 3.8) is 0 Å². The molecule has 3 rings (SSSR count). The summed E-state index contributed by atoms with van der Waals surface area (Å²) >= 11 is 0. The molecule has 178 valence electrons. The predicted molar refractivity (Wildman–Crippen MR) is 125 cm³/mol. The number of nitrogens with zero attached hydrogens (tertiary/aromatic N) is 2. The smallest absolute Gasteiger partial charge is 0.337 e. The van der Waals surface area contributed by atoms with Crippen LogP contribution >= 0.6 is 12.4 Å². The minimum atomic E-state index is -3.75. The molecule has 1 heterocycles. The predicted octanol–water partition coefficient (Wildman–Crippen LogP) is 2.64. The summed E-state index contributed by atoms with van der Waals surface area (Å²) in [7, 11) is 0.246. The van der Waals surface area contributed by atoms with E-state index in [0.717, 1.165) is 0 Å². The molecule has 0 amide bonds. The number of rotatable bonds is 8. The van der Waals surface area contributed by atoms with Gasteiger partial charge in [-0.15, -0.1) is 12.4 Å². The van der Waals surface area contributed by atoms with Gasteiger partial charge in [-0.25, -0.2) is 27.3 Å². The van der Waals surface area contributed by atoms with Crippen molar-refractivity contribution in [3.8, 4) is 16.9 Å². The quantitative estimate of drug-likeness (QED) is 0.457. The molecule has 0 atom stereocenters. The Kier molecular flexibility index (Phi) is 8.56. The second-order valence-corrected chi connectivity index (χ2v) is 8.60. The van der Waals surface area contributed by atoms with Crippen molar-refractivity contribution in [1.29, 1.82) is 0 Å². The number of sulfonamides is 1. The zero-order valence-electron chi connectivity index (χ0n) is 18.2. The number of allylic oxidation sites excluding steroid dienone is 1. The summed E-state index contributed by atoms with van der Waals surface area (Å²) in [6, 6.07) is 7.41. The highest BCUT2D eigenvalue weighted by atomic mass is 35.5. The minimum Gasteiger partial charge on any atom is -0.496 e. The third-order valence-electron chi connectivity index (χ3n) is 4.85. The van der Waals surface area contributed by atoms with E-state index in [1.807, 2.05) is 0 Å². The molecule has 0 fully saturated rings. The summed E-state index contributed by atoms with van der Waals surface area (Å²) in [5.74, 6) is -0.708. The SMILES string of the molecule is CNS(=O)(=O)c1ccc(OC)c(-c2cc(C(=O)OC)cc3c2ncn3C/C(F)=C/CN)c1.Cl. The zero-order valence-corrected chi connectivity index (χ0v) is 19.8. The fourth-order valence-electron chi connectivity index (χ4n) is 3.27. The van der Waals surface area contributed by atoms with Crippen LogP contribution in [0.1, 0.15) is 10.4 Å². The monoisotopic (exact) mass is 498 g/mol. The molecule has 12 heteroatoms. The first-order chi connectivity index (χ1) is 15.2. The Labute approximate surface area is 196 Å². The van der Waals surface area contributed by atoms with Crippen LogP contribution in [0.25, 0.3) is 22.2 Å². The van der Waals surface area contributed by atoms with Gasteiger partial charge >= 0.3 is 5.97 Å².